The van der Waals surface area contributed by atoms with Gasteiger partial charge in [-0.15, -0.1) is 0 Å². The molecule has 1 rings (SSSR count). The summed E-state index contributed by atoms with van der Waals surface area (Å²) in [5.41, 5.74) is 3.77. The van der Waals surface area contributed by atoms with Crippen LogP contribution in [0.15, 0.2) is 6.20 Å². The maximum absolute atomic E-state index is 4.08. The molecule has 0 atom stereocenters. The summed E-state index contributed by atoms with van der Waals surface area (Å²) in [5.74, 6) is 0. The molecule has 11 heavy (non-hydrogen) atoms. The van der Waals surface area contributed by atoms with Crippen LogP contribution in [0.1, 0.15) is 30.7 Å². The minimum Gasteiger partial charge on any atom is -0.159 e. The van der Waals surface area contributed by atoms with Crippen molar-refractivity contribution in [2.45, 2.75) is 33.6 Å². The van der Waals surface area contributed by atoms with E-state index in [9.17, 15) is 0 Å². The van der Waals surface area contributed by atoms with Gasteiger partial charge in [0.25, 0.3) is 0 Å². The average molecular weight is 150 g/mol. The Morgan fingerprint density at radius 3 is 2.45 bits per heavy atom. The molecule has 0 saturated heterocycles. The summed E-state index contributed by atoms with van der Waals surface area (Å²) >= 11 is 0. The molecule has 1 aromatic heterocycles. The van der Waals surface area contributed by atoms with Crippen molar-refractivity contribution in [3.05, 3.63) is 23.0 Å². The third-order valence-electron chi connectivity index (χ3n) is 1.94. The minimum atomic E-state index is 0.984. The summed E-state index contributed by atoms with van der Waals surface area (Å²) in [6.45, 7) is 6.36. The van der Waals surface area contributed by atoms with E-state index < -0.39 is 0 Å². The highest BCUT2D eigenvalue weighted by atomic mass is 15.1. The number of hydrogen-bond acceptors (Lipinski definition) is 2. The van der Waals surface area contributed by atoms with Gasteiger partial charge < -0.3 is 0 Å². The van der Waals surface area contributed by atoms with E-state index in [-0.39, 0.29) is 0 Å². The molecule has 0 radical (unpaired) electrons. The van der Waals surface area contributed by atoms with E-state index in [1.165, 1.54) is 11.1 Å². The van der Waals surface area contributed by atoms with Crippen LogP contribution in [-0.4, -0.2) is 10.2 Å². The summed E-state index contributed by atoms with van der Waals surface area (Å²) < 4.78 is 0. The van der Waals surface area contributed by atoms with Gasteiger partial charge >= 0.3 is 0 Å². The van der Waals surface area contributed by atoms with Crippen molar-refractivity contribution in [1.82, 2.24) is 10.2 Å². The zero-order chi connectivity index (χ0) is 8.27. The van der Waals surface area contributed by atoms with Crippen molar-refractivity contribution in [3.63, 3.8) is 0 Å². The van der Waals surface area contributed by atoms with Crippen molar-refractivity contribution in [1.29, 1.82) is 0 Å². The summed E-state index contributed by atoms with van der Waals surface area (Å²) in [4.78, 5) is 0. The molecule has 0 fully saturated rings. The van der Waals surface area contributed by atoms with Crippen LogP contribution in [0, 0.1) is 6.92 Å². The fraction of sp³-hybridized carbons (Fsp3) is 0.556. The Hall–Kier alpha value is -0.920. The van der Waals surface area contributed by atoms with Crippen LogP contribution >= 0.6 is 0 Å². The lowest BCUT2D eigenvalue weighted by molar-refractivity contribution is 0.864. The quantitative estimate of drug-likeness (QED) is 0.643. The topological polar surface area (TPSA) is 25.8 Å². The number of aromatic nitrogens is 2. The average Bonchev–Trinajstić information content (AvgIpc) is 2.04. The molecule has 0 bridgehead atoms. The molecule has 1 aromatic rings. The zero-order valence-electron chi connectivity index (χ0n) is 7.39. The van der Waals surface area contributed by atoms with Gasteiger partial charge in [-0.1, -0.05) is 13.8 Å². The Morgan fingerprint density at radius 2 is 2.00 bits per heavy atom. The van der Waals surface area contributed by atoms with Gasteiger partial charge in [-0.25, -0.2) is 0 Å². The van der Waals surface area contributed by atoms with Crippen LogP contribution in [0.25, 0.3) is 0 Å². The molecule has 0 aliphatic rings. The Labute approximate surface area is 67.7 Å². The van der Waals surface area contributed by atoms with Gasteiger partial charge in [0.1, 0.15) is 0 Å². The first-order chi connectivity index (χ1) is 5.29. The maximum atomic E-state index is 4.08. The predicted octanol–water partition coefficient (Wildman–Crippen LogP) is 1.91. The first kappa shape index (κ1) is 8.18. The van der Waals surface area contributed by atoms with E-state index in [1.807, 2.05) is 6.20 Å². The van der Waals surface area contributed by atoms with Crippen LogP contribution in [-0.2, 0) is 12.8 Å². The van der Waals surface area contributed by atoms with E-state index in [2.05, 4.69) is 31.0 Å². The molecule has 0 amide bonds. The highest BCUT2D eigenvalue weighted by Gasteiger charge is 2.02. The third kappa shape index (κ3) is 1.56. The summed E-state index contributed by atoms with van der Waals surface area (Å²) in [6.07, 6.45) is 3.88. The highest BCUT2D eigenvalue weighted by Crippen LogP contribution is 2.10. The van der Waals surface area contributed by atoms with Crippen LogP contribution in [0.5, 0.6) is 0 Å². The highest BCUT2D eigenvalue weighted by molar-refractivity contribution is 5.26. The number of aryl methyl sites for hydroxylation is 2. The van der Waals surface area contributed by atoms with Gasteiger partial charge in [-0.05, 0) is 30.9 Å². The lowest BCUT2D eigenvalue weighted by Crippen LogP contribution is -2.00. The normalized spacial score (nSPS) is 10.1. The number of rotatable bonds is 2. The van der Waals surface area contributed by atoms with Crippen LogP contribution in [0.3, 0.4) is 0 Å². The monoisotopic (exact) mass is 150 g/mol. The molecule has 1 heterocycles. The predicted molar refractivity (Wildman–Crippen MR) is 45.5 cm³/mol. The van der Waals surface area contributed by atoms with E-state index >= 15 is 0 Å². The third-order valence-corrected chi connectivity index (χ3v) is 1.94. The Balaban J connectivity index is 3.13. The molecular weight excluding hydrogens is 136 g/mol. The van der Waals surface area contributed by atoms with Crippen molar-refractivity contribution in [2.24, 2.45) is 0 Å². The Kier molecular flexibility index (Phi) is 2.58. The van der Waals surface area contributed by atoms with Crippen LogP contribution in [0.2, 0.25) is 0 Å². The van der Waals surface area contributed by atoms with Crippen LogP contribution in [0.4, 0.5) is 0 Å². The van der Waals surface area contributed by atoms with E-state index in [4.69, 9.17) is 0 Å². The molecule has 0 aliphatic carbocycles. The molecule has 0 aromatic carbocycles. The number of nitrogens with zero attached hydrogens (tertiary/aromatic N) is 2. The van der Waals surface area contributed by atoms with Gasteiger partial charge in [0.2, 0.25) is 0 Å². The molecule has 0 N–H and O–H groups in total. The van der Waals surface area contributed by atoms with E-state index in [1.54, 1.807) is 0 Å². The van der Waals surface area contributed by atoms with E-state index in [0.717, 1.165) is 18.5 Å². The molecule has 60 valence electrons. The molecule has 0 spiro atoms. The van der Waals surface area contributed by atoms with Gasteiger partial charge in [-0.2, -0.15) is 10.2 Å². The molecule has 2 heteroatoms. The van der Waals surface area contributed by atoms with Gasteiger partial charge in [0.05, 0.1) is 11.9 Å². The Bertz CT molecular complexity index is 243. The van der Waals surface area contributed by atoms with Gasteiger partial charge in [0, 0.05) is 0 Å². The Morgan fingerprint density at radius 1 is 1.27 bits per heavy atom. The molecule has 0 unspecified atom stereocenters. The van der Waals surface area contributed by atoms with Gasteiger partial charge in [-0.3, -0.25) is 0 Å². The second-order valence-corrected chi connectivity index (χ2v) is 2.66. The SMILES string of the molecule is CCc1nncc(C)c1CC. The minimum absolute atomic E-state index is 0.984. The van der Waals surface area contributed by atoms with E-state index in [0.29, 0.717) is 0 Å². The maximum Gasteiger partial charge on any atom is 0.0662 e. The molecule has 2 nitrogen and oxygen atoms in total. The zero-order valence-corrected chi connectivity index (χ0v) is 7.39. The first-order valence-corrected chi connectivity index (χ1v) is 4.09. The van der Waals surface area contributed by atoms with Crippen molar-refractivity contribution >= 4 is 0 Å². The summed E-state index contributed by atoms with van der Waals surface area (Å²) in [6, 6.07) is 0. The second-order valence-electron chi connectivity index (χ2n) is 2.66. The molecule has 0 saturated carbocycles. The molecule has 0 aliphatic heterocycles. The standard InChI is InChI=1S/C9H14N2/c1-4-8-7(3)6-10-11-9(8)5-2/h6H,4-5H2,1-3H3. The lowest BCUT2D eigenvalue weighted by Gasteiger charge is -2.05. The molecular formula is C9H14N2. The fourth-order valence-electron chi connectivity index (χ4n) is 1.32. The van der Waals surface area contributed by atoms with Crippen LogP contribution < -0.4 is 0 Å². The summed E-state index contributed by atoms with van der Waals surface area (Å²) in [5, 5.41) is 7.99. The fourth-order valence-corrected chi connectivity index (χ4v) is 1.32. The van der Waals surface area contributed by atoms with Crippen molar-refractivity contribution in [2.75, 3.05) is 0 Å². The summed E-state index contributed by atoms with van der Waals surface area (Å²) in [7, 11) is 0. The number of hydrogen-bond donors (Lipinski definition) is 0. The van der Waals surface area contributed by atoms with Gasteiger partial charge in [0.15, 0.2) is 0 Å². The first-order valence-electron chi connectivity index (χ1n) is 4.09. The smallest absolute Gasteiger partial charge is 0.0662 e. The largest absolute Gasteiger partial charge is 0.159 e. The second kappa shape index (κ2) is 3.46. The lowest BCUT2D eigenvalue weighted by atomic mass is 10.1. The van der Waals surface area contributed by atoms with Crippen molar-refractivity contribution < 1.29 is 0 Å². The van der Waals surface area contributed by atoms with Crippen molar-refractivity contribution in [3.8, 4) is 0 Å².